The van der Waals surface area contributed by atoms with Gasteiger partial charge >= 0.3 is 0 Å². The van der Waals surface area contributed by atoms with Crippen LogP contribution >= 0.6 is 15.9 Å². The topological polar surface area (TPSA) is 106 Å². The SMILES string of the molecule is C.C.CON(C)C(=O)[C@H]1CC[C@H]2[C@@H]3CC[C@@H]4C[C@](C)(O)CC[C@]4(C)[C@H]3CC[C@]12C.COc1ccc(Br)cc1.COc1ccc(C(=O)[C@H]2CC[C@H]3[C@@H]4CC[C@@H]5C[C@](C)(O)CC[C@]5(C)[C@H]4CC[C@]23C)cc1. The Morgan fingerprint density at radius 1 is 0.536 bits per heavy atom. The molecule has 2 N–H and O–H groups in total. The molecule has 0 unspecified atom stereocenters. The Morgan fingerprint density at radius 2 is 0.942 bits per heavy atom. The van der Waals surface area contributed by atoms with Gasteiger partial charge in [0.15, 0.2) is 5.78 Å². The van der Waals surface area contributed by atoms with E-state index in [0.29, 0.717) is 40.3 Å². The number of ether oxygens (including phenoxy) is 2. The van der Waals surface area contributed by atoms with Crippen molar-refractivity contribution in [2.75, 3.05) is 28.4 Å². The highest BCUT2D eigenvalue weighted by Crippen LogP contribution is 2.70. The van der Waals surface area contributed by atoms with E-state index >= 15 is 0 Å². The minimum atomic E-state index is -0.469. The highest BCUT2D eigenvalue weighted by molar-refractivity contribution is 9.10. The molecule has 16 atom stereocenters. The van der Waals surface area contributed by atoms with Crippen molar-refractivity contribution >= 4 is 27.6 Å². The second kappa shape index (κ2) is 21.2. The van der Waals surface area contributed by atoms with Crippen LogP contribution in [0.2, 0.25) is 0 Å². The van der Waals surface area contributed by atoms with Gasteiger partial charge in [-0.15, -0.1) is 0 Å². The van der Waals surface area contributed by atoms with Gasteiger partial charge in [0.1, 0.15) is 11.5 Å². The number of fused-ring (bicyclic) bond motifs is 10. The number of carbonyl (C=O) groups excluding carboxylic acids is 2. The Hall–Kier alpha value is -2.46. The maximum Gasteiger partial charge on any atom is 0.249 e. The van der Waals surface area contributed by atoms with E-state index < -0.39 is 11.2 Å². The molecule has 69 heavy (non-hydrogen) atoms. The fourth-order valence-electron chi connectivity index (χ4n) is 17.5. The molecule has 8 aliphatic carbocycles. The molecule has 8 aliphatic rings. The molecular weight excluding hydrogens is 927 g/mol. The molecule has 1 amide bonds. The van der Waals surface area contributed by atoms with Crippen molar-refractivity contribution in [3.05, 3.63) is 58.6 Å². The Labute approximate surface area is 427 Å². The molecule has 9 heteroatoms. The van der Waals surface area contributed by atoms with Crippen molar-refractivity contribution in [3.63, 3.8) is 0 Å². The quantitative estimate of drug-likeness (QED) is 0.219. The number of ketones is 1. The minimum absolute atomic E-state index is 0. The number of benzene rings is 2. The number of halogens is 1. The third kappa shape index (κ3) is 10.4. The largest absolute Gasteiger partial charge is 0.497 e. The summed E-state index contributed by atoms with van der Waals surface area (Å²) in [5, 5.41) is 22.8. The monoisotopic (exact) mass is 1020 g/mol. The van der Waals surface area contributed by atoms with Crippen LogP contribution in [0.25, 0.3) is 0 Å². The molecule has 0 heterocycles. The van der Waals surface area contributed by atoms with Gasteiger partial charge in [-0.25, -0.2) is 5.06 Å². The first-order valence-corrected chi connectivity index (χ1v) is 27.2. The van der Waals surface area contributed by atoms with Crippen molar-refractivity contribution in [1.82, 2.24) is 5.06 Å². The Morgan fingerprint density at radius 3 is 1.38 bits per heavy atom. The number of aliphatic hydroxyl groups is 2. The number of amides is 1. The first-order valence-electron chi connectivity index (χ1n) is 26.4. The minimum Gasteiger partial charge on any atom is -0.497 e. The standard InChI is InChI=1S/C28H40O3.C23H39NO3.C7H7BrO.2CH4/c1-26(30)15-16-27(2)19(17-26)7-10-21-22-11-12-24(28(22,3)14-13-23(21)27)25(29)18-5-8-20(31-4)9-6-18;1-21(26)12-13-22(2)15(14-21)6-7-16-17-8-9-19(20(25)24(4)27-5)23(17,3)11-10-18(16)22;1-9-7-4-2-6(8)3-5-7;;/h5-6,8-9,19,21-24,30H,7,10-17H2,1-4H3;15-19,26H,6-14H2,1-5H3;2-5H,1H3;2*1H4/t19-,21+,22+,23+,24-,26-,27+,28+;15-,16+,17+,18+,19-,21-,22+,23+;;;/m11.../s1. The van der Waals surface area contributed by atoms with Crippen LogP contribution < -0.4 is 9.47 Å². The van der Waals surface area contributed by atoms with Gasteiger partial charge in [0, 0.05) is 28.9 Å². The normalized spacial score (nSPS) is 42.4. The molecule has 10 rings (SSSR count). The molecule has 2 aromatic carbocycles. The third-order valence-corrected chi connectivity index (χ3v) is 22.1. The number of hydrogen-bond acceptors (Lipinski definition) is 7. The van der Waals surface area contributed by atoms with Crippen LogP contribution in [0.5, 0.6) is 11.5 Å². The highest BCUT2D eigenvalue weighted by atomic mass is 79.9. The van der Waals surface area contributed by atoms with Crippen LogP contribution in [0.1, 0.15) is 182 Å². The van der Waals surface area contributed by atoms with Gasteiger partial charge in [-0.3, -0.25) is 14.4 Å². The molecular formula is C60H94BrNO7. The number of nitrogens with zero attached hydrogens (tertiary/aromatic N) is 1. The van der Waals surface area contributed by atoms with Gasteiger partial charge < -0.3 is 19.7 Å². The Kier molecular flexibility index (Phi) is 17.1. The zero-order valence-electron chi connectivity index (χ0n) is 42.9. The van der Waals surface area contributed by atoms with Crippen LogP contribution in [-0.4, -0.2) is 66.5 Å². The number of Topliss-reactive ketones (excluding diaryl/α,β-unsaturated/α-hetero) is 1. The van der Waals surface area contributed by atoms with Crippen molar-refractivity contribution in [1.29, 1.82) is 0 Å². The second-order valence-corrected chi connectivity index (χ2v) is 25.7. The summed E-state index contributed by atoms with van der Waals surface area (Å²) in [6.45, 7) is 14.0. The van der Waals surface area contributed by atoms with Gasteiger partial charge in [0.25, 0.3) is 0 Å². The summed E-state index contributed by atoms with van der Waals surface area (Å²) < 4.78 is 11.3. The molecule has 388 valence electrons. The van der Waals surface area contributed by atoms with Crippen LogP contribution in [0.3, 0.4) is 0 Å². The first-order chi connectivity index (χ1) is 31.6. The van der Waals surface area contributed by atoms with Gasteiger partial charge in [-0.05, 0) is 247 Å². The Bertz CT molecular complexity index is 2060. The highest BCUT2D eigenvalue weighted by Gasteiger charge is 2.64. The average Bonchev–Trinajstić information content (AvgIpc) is 3.86. The summed E-state index contributed by atoms with van der Waals surface area (Å²) in [5.41, 5.74) is 0.956. The van der Waals surface area contributed by atoms with Crippen molar-refractivity contribution in [2.24, 2.45) is 80.8 Å². The summed E-state index contributed by atoms with van der Waals surface area (Å²) in [5.74, 6) is 8.26. The van der Waals surface area contributed by atoms with Gasteiger partial charge in [-0.2, -0.15) is 0 Å². The summed E-state index contributed by atoms with van der Waals surface area (Å²) in [6.07, 6.45) is 20.7. The fourth-order valence-corrected chi connectivity index (χ4v) is 17.8. The number of carbonyl (C=O) groups is 2. The van der Waals surface area contributed by atoms with Crippen LogP contribution in [0.15, 0.2) is 53.0 Å². The van der Waals surface area contributed by atoms with Crippen LogP contribution in [0.4, 0.5) is 0 Å². The van der Waals surface area contributed by atoms with Gasteiger partial charge in [0.2, 0.25) is 5.91 Å². The molecule has 2 aromatic rings. The lowest BCUT2D eigenvalue weighted by Gasteiger charge is -2.61. The van der Waals surface area contributed by atoms with Gasteiger partial charge in [0.05, 0.1) is 32.5 Å². The average molecular weight is 1020 g/mol. The van der Waals surface area contributed by atoms with Crippen LogP contribution in [0, 0.1) is 80.8 Å². The maximum atomic E-state index is 13.6. The molecule has 0 spiro atoms. The smallest absolute Gasteiger partial charge is 0.249 e. The summed E-state index contributed by atoms with van der Waals surface area (Å²) >= 11 is 3.32. The molecule has 0 aliphatic heterocycles. The maximum absolute atomic E-state index is 13.6. The van der Waals surface area contributed by atoms with Crippen LogP contribution in [-0.2, 0) is 9.63 Å². The lowest BCUT2D eigenvalue weighted by molar-refractivity contribution is -0.182. The van der Waals surface area contributed by atoms with E-state index in [1.807, 2.05) is 62.4 Å². The molecule has 8 saturated carbocycles. The fraction of sp³-hybridized carbons (Fsp3) is 0.767. The molecule has 8 fully saturated rings. The van der Waals surface area contributed by atoms with E-state index in [4.69, 9.17) is 14.3 Å². The van der Waals surface area contributed by atoms with E-state index in [1.54, 1.807) is 28.4 Å². The summed E-state index contributed by atoms with van der Waals surface area (Å²) in [4.78, 5) is 31.7. The zero-order chi connectivity index (χ0) is 48.3. The molecule has 0 saturated heterocycles. The van der Waals surface area contributed by atoms with E-state index in [-0.39, 0.29) is 43.4 Å². The lowest BCUT2D eigenvalue weighted by atomic mass is 9.44. The zero-order valence-corrected chi connectivity index (χ0v) is 44.5. The van der Waals surface area contributed by atoms with E-state index in [1.165, 1.54) is 82.1 Å². The molecule has 0 aromatic heterocycles. The summed E-state index contributed by atoms with van der Waals surface area (Å²) in [7, 11) is 6.66. The number of hydroxylamine groups is 2. The van der Waals surface area contributed by atoms with Crippen molar-refractivity contribution in [3.8, 4) is 11.5 Å². The number of hydrogen-bond donors (Lipinski definition) is 2. The first kappa shape index (κ1) is 55.8. The van der Waals surface area contributed by atoms with E-state index in [0.717, 1.165) is 83.7 Å². The van der Waals surface area contributed by atoms with Gasteiger partial charge in [-0.1, -0.05) is 58.5 Å². The molecule has 8 nitrogen and oxygen atoms in total. The van der Waals surface area contributed by atoms with E-state index in [2.05, 4.69) is 43.6 Å². The van der Waals surface area contributed by atoms with Crippen molar-refractivity contribution in [2.45, 2.75) is 183 Å². The lowest BCUT2D eigenvalue weighted by Crippen LogP contribution is -2.56. The molecule has 0 bridgehead atoms. The third-order valence-electron chi connectivity index (χ3n) is 21.5. The molecule has 0 radical (unpaired) electrons. The van der Waals surface area contributed by atoms with Crippen molar-refractivity contribution < 1.29 is 34.1 Å². The number of rotatable bonds is 6. The Balaban J connectivity index is 0.000000189. The predicted octanol–water partition coefficient (Wildman–Crippen LogP) is 14.4. The van der Waals surface area contributed by atoms with E-state index in [9.17, 15) is 19.8 Å². The predicted molar refractivity (Wildman–Crippen MR) is 283 cm³/mol. The summed E-state index contributed by atoms with van der Waals surface area (Å²) in [6, 6.07) is 15.4. The number of methoxy groups -OCH3 is 2. The second-order valence-electron chi connectivity index (χ2n) is 24.8.